The van der Waals surface area contributed by atoms with Gasteiger partial charge in [0.2, 0.25) is 0 Å². The lowest BCUT2D eigenvalue weighted by molar-refractivity contribution is -0.384. The molecule has 0 heterocycles. The van der Waals surface area contributed by atoms with Gasteiger partial charge in [0.1, 0.15) is 5.02 Å². The Balaban J connectivity index is 2.60. The second-order valence-corrected chi connectivity index (χ2v) is 5.32. The lowest BCUT2D eigenvalue weighted by atomic mass is 10.2. The Labute approximate surface area is 129 Å². The molecule has 0 aliphatic heterocycles. The molecule has 1 amide bonds. The monoisotopic (exact) mass is 313 g/mol. The van der Waals surface area contributed by atoms with Crippen LogP contribution >= 0.6 is 11.6 Å². The van der Waals surface area contributed by atoms with Gasteiger partial charge in [-0.15, -0.1) is 0 Å². The third-order valence-corrected chi connectivity index (χ3v) is 3.82. The summed E-state index contributed by atoms with van der Waals surface area (Å²) in [4.78, 5) is 24.3. The number of hydrogen-bond acceptors (Lipinski definition) is 4. The van der Waals surface area contributed by atoms with E-state index in [1.807, 2.05) is 7.05 Å². The van der Waals surface area contributed by atoms with Crippen LogP contribution in [0.15, 0.2) is 18.2 Å². The molecule has 1 atom stereocenters. The minimum Gasteiger partial charge on any atom is -0.351 e. The first-order chi connectivity index (χ1) is 9.86. The number of rotatable bonds is 7. The summed E-state index contributed by atoms with van der Waals surface area (Å²) in [5, 5.41) is 13.6. The predicted octanol–water partition coefficient (Wildman–Crippen LogP) is 2.71. The Kier molecular flexibility index (Phi) is 6.58. The Hall–Kier alpha value is -1.66. The number of benzene rings is 1. The number of carbonyl (C=O) groups is 1. The molecular formula is C14H20ClN3O3. The Morgan fingerprint density at radius 1 is 1.52 bits per heavy atom. The molecule has 1 rings (SSSR count). The first kappa shape index (κ1) is 17.4. The van der Waals surface area contributed by atoms with Crippen LogP contribution in [0.2, 0.25) is 5.02 Å². The second-order valence-electron chi connectivity index (χ2n) is 4.92. The lowest BCUT2D eigenvalue weighted by Crippen LogP contribution is -2.37. The van der Waals surface area contributed by atoms with Gasteiger partial charge in [-0.1, -0.05) is 18.5 Å². The van der Waals surface area contributed by atoms with Crippen molar-refractivity contribution in [3.05, 3.63) is 38.9 Å². The maximum absolute atomic E-state index is 12.0. The topological polar surface area (TPSA) is 75.5 Å². The number of amides is 1. The summed E-state index contributed by atoms with van der Waals surface area (Å²) in [5.41, 5.74) is -0.0293. The molecule has 0 saturated heterocycles. The predicted molar refractivity (Wildman–Crippen MR) is 82.8 cm³/mol. The summed E-state index contributed by atoms with van der Waals surface area (Å²) in [6.45, 7) is 5.42. The molecule has 0 fully saturated rings. The molecular weight excluding hydrogens is 294 g/mol. The van der Waals surface area contributed by atoms with Crippen molar-refractivity contribution in [2.75, 3.05) is 20.1 Å². The van der Waals surface area contributed by atoms with Crippen molar-refractivity contribution in [3.63, 3.8) is 0 Å². The van der Waals surface area contributed by atoms with Crippen LogP contribution in [-0.2, 0) is 0 Å². The van der Waals surface area contributed by atoms with E-state index in [4.69, 9.17) is 11.6 Å². The van der Waals surface area contributed by atoms with Gasteiger partial charge in [0, 0.05) is 30.8 Å². The van der Waals surface area contributed by atoms with Gasteiger partial charge in [0.15, 0.2) is 0 Å². The minimum atomic E-state index is -0.601. The standard InChI is InChI=1S/C14H20ClN3O3/c1-4-10(2)17(3)8-7-16-14(19)11-5-6-12(15)13(9-11)18(20)21/h5-6,9-10H,4,7-8H2,1-3H3,(H,16,19). The molecule has 0 aromatic heterocycles. The van der Waals surface area contributed by atoms with Crippen molar-refractivity contribution >= 4 is 23.2 Å². The Bertz CT molecular complexity index is 522. The summed E-state index contributed by atoms with van der Waals surface area (Å²) in [5.74, 6) is -0.340. The fourth-order valence-electron chi connectivity index (χ4n) is 1.77. The van der Waals surface area contributed by atoms with Crippen LogP contribution in [0.3, 0.4) is 0 Å². The van der Waals surface area contributed by atoms with Gasteiger partial charge in [-0.3, -0.25) is 14.9 Å². The van der Waals surface area contributed by atoms with E-state index in [0.717, 1.165) is 13.0 Å². The van der Waals surface area contributed by atoms with Crippen molar-refractivity contribution in [3.8, 4) is 0 Å². The van der Waals surface area contributed by atoms with E-state index in [1.165, 1.54) is 18.2 Å². The van der Waals surface area contributed by atoms with E-state index in [1.54, 1.807) is 0 Å². The van der Waals surface area contributed by atoms with Crippen molar-refractivity contribution in [1.29, 1.82) is 0 Å². The first-order valence-electron chi connectivity index (χ1n) is 6.79. The van der Waals surface area contributed by atoms with Crippen molar-refractivity contribution in [1.82, 2.24) is 10.2 Å². The smallest absolute Gasteiger partial charge is 0.288 e. The largest absolute Gasteiger partial charge is 0.351 e. The minimum absolute atomic E-state index is 0.0213. The van der Waals surface area contributed by atoms with Crippen LogP contribution in [0, 0.1) is 10.1 Å². The molecule has 1 aromatic rings. The average molecular weight is 314 g/mol. The van der Waals surface area contributed by atoms with E-state index in [0.29, 0.717) is 12.6 Å². The third kappa shape index (κ3) is 4.99. The van der Waals surface area contributed by atoms with Crippen molar-refractivity contribution < 1.29 is 9.72 Å². The highest BCUT2D eigenvalue weighted by atomic mass is 35.5. The fraction of sp³-hybridized carbons (Fsp3) is 0.500. The second kappa shape index (κ2) is 7.95. The number of nitro groups is 1. The van der Waals surface area contributed by atoms with Crippen LogP contribution in [0.4, 0.5) is 5.69 Å². The van der Waals surface area contributed by atoms with Crippen LogP contribution in [-0.4, -0.2) is 41.9 Å². The summed E-state index contributed by atoms with van der Waals surface area (Å²) >= 11 is 5.71. The zero-order valence-electron chi connectivity index (χ0n) is 12.4. The zero-order chi connectivity index (χ0) is 16.0. The van der Waals surface area contributed by atoms with Crippen molar-refractivity contribution in [2.24, 2.45) is 0 Å². The van der Waals surface area contributed by atoms with Gasteiger partial charge in [-0.25, -0.2) is 0 Å². The van der Waals surface area contributed by atoms with E-state index in [9.17, 15) is 14.9 Å². The van der Waals surface area contributed by atoms with Gasteiger partial charge in [-0.2, -0.15) is 0 Å². The number of nitrogens with zero attached hydrogens (tertiary/aromatic N) is 2. The molecule has 21 heavy (non-hydrogen) atoms. The lowest BCUT2D eigenvalue weighted by Gasteiger charge is -2.23. The highest BCUT2D eigenvalue weighted by Gasteiger charge is 2.16. The molecule has 7 heteroatoms. The van der Waals surface area contributed by atoms with Gasteiger partial charge in [0.05, 0.1) is 4.92 Å². The molecule has 6 nitrogen and oxygen atoms in total. The number of halogens is 1. The first-order valence-corrected chi connectivity index (χ1v) is 7.17. The third-order valence-electron chi connectivity index (χ3n) is 3.50. The Morgan fingerprint density at radius 3 is 2.76 bits per heavy atom. The highest BCUT2D eigenvalue weighted by molar-refractivity contribution is 6.32. The molecule has 0 aliphatic carbocycles. The summed E-state index contributed by atoms with van der Waals surface area (Å²) in [6, 6.07) is 4.47. The van der Waals surface area contributed by atoms with E-state index >= 15 is 0 Å². The molecule has 1 N–H and O–H groups in total. The summed E-state index contributed by atoms with van der Waals surface area (Å²) in [7, 11) is 1.99. The van der Waals surface area contributed by atoms with Gasteiger partial charge < -0.3 is 10.2 Å². The van der Waals surface area contributed by atoms with E-state index < -0.39 is 4.92 Å². The number of nitro benzene ring substituents is 1. The zero-order valence-corrected chi connectivity index (χ0v) is 13.2. The normalized spacial score (nSPS) is 12.2. The van der Waals surface area contributed by atoms with Crippen molar-refractivity contribution in [2.45, 2.75) is 26.3 Å². The highest BCUT2D eigenvalue weighted by Crippen LogP contribution is 2.24. The molecule has 1 unspecified atom stereocenters. The van der Waals surface area contributed by atoms with E-state index in [-0.39, 0.29) is 22.2 Å². The maximum Gasteiger partial charge on any atom is 0.288 e. The fourth-order valence-corrected chi connectivity index (χ4v) is 1.96. The molecule has 116 valence electrons. The van der Waals surface area contributed by atoms with Crippen LogP contribution in [0.5, 0.6) is 0 Å². The molecule has 1 aromatic carbocycles. The maximum atomic E-state index is 12.0. The van der Waals surface area contributed by atoms with Gasteiger partial charge >= 0.3 is 0 Å². The number of likely N-dealkylation sites (N-methyl/N-ethyl adjacent to an activating group) is 1. The molecule has 0 spiro atoms. The van der Waals surface area contributed by atoms with Gasteiger partial charge in [-0.05, 0) is 32.5 Å². The Morgan fingerprint density at radius 2 is 2.19 bits per heavy atom. The number of nitrogens with one attached hydrogen (secondary N) is 1. The molecule has 0 radical (unpaired) electrons. The molecule has 0 saturated carbocycles. The van der Waals surface area contributed by atoms with Crippen LogP contribution in [0.25, 0.3) is 0 Å². The summed E-state index contributed by atoms with van der Waals surface area (Å²) < 4.78 is 0. The van der Waals surface area contributed by atoms with E-state index in [2.05, 4.69) is 24.1 Å². The van der Waals surface area contributed by atoms with Crippen LogP contribution in [0.1, 0.15) is 30.6 Å². The number of carbonyl (C=O) groups excluding carboxylic acids is 1. The molecule has 0 bridgehead atoms. The SMILES string of the molecule is CCC(C)N(C)CCNC(=O)c1ccc(Cl)c([N+](=O)[O-])c1. The van der Waals surface area contributed by atoms with Crippen LogP contribution < -0.4 is 5.32 Å². The number of hydrogen-bond donors (Lipinski definition) is 1. The average Bonchev–Trinajstić information content (AvgIpc) is 2.46. The quantitative estimate of drug-likeness (QED) is 0.620. The molecule has 0 aliphatic rings. The van der Waals surface area contributed by atoms with Gasteiger partial charge in [0.25, 0.3) is 11.6 Å². The summed E-state index contributed by atoms with van der Waals surface area (Å²) in [6.07, 6.45) is 1.04.